The van der Waals surface area contributed by atoms with E-state index >= 15 is 0 Å². The molecule has 4 rings (SSSR count). The first kappa shape index (κ1) is 18.7. The van der Waals surface area contributed by atoms with Crippen LogP contribution in [0.15, 0.2) is 24.5 Å². The SMILES string of the molecule is CCC1CN(C2OC(CO)C(O)C(O)C2O)Cc2cc3nccnc3cc21. The van der Waals surface area contributed by atoms with Crippen molar-refractivity contribution < 1.29 is 25.2 Å². The second kappa shape index (κ2) is 7.38. The molecule has 1 aromatic carbocycles. The number of hydrogen-bond acceptors (Lipinski definition) is 8. The van der Waals surface area contributed by atoms with Gasteiger partial charge in [-0.2, -0.15) is 0 Å². The first-order chi connectivity index (χ1) is 13.0. The molecule has 27 heavy (non-hydrogen) atoms. The van der Waals surface area contributed by atoms with Gasteiger partial charge in [0.2, 0.25) is 0 Å². The molecule has 6 atom stereocenters. The number of fused-ring (bicyclic) bond motifs is 2. The monoisotopic (exact) mass is 375 g/mol. The molecule has 3 heterocycles. The Morgan fingerprint density at radius 2 is 1.78 bits per heavy atom. The predicted molar refractivity (Wildman–Crippen MR) is 96.7 cm³/mol. The summed E-state index contributed by atoms with van der Waals surface area (Å²) in [6, 6.07) is 4.09. The molecule has 0 spiro atoms. The molecule has 2 aromatic rings. The summed E-state index contributed by atoms with van der Waals surface area (Å²) in [7, 11) is 0. The van der Waals surface area contributed by atoms with Crippen LogP contribution in [0.2, 0.25) is 0 Å². The standard InChI is InChI=1S/C19H25N3O5/c1-2-10-7-22(19-18(26)17(25)16(24)15(9-23)27-19)8-11-5-13-14(6-12(10)11)21-4-3-20-13/h3-6,10,15-19,23-26H,2,7-9H2,1H3. The summed E-state index contributed by atoms with van der Waals surface area (Å²) in [6.45, 7) is 2.83. The molecule has 4 N–H and O–H groups in total. The largest absolute Gasteiger partial charge is 0.394 e. The molecule has 6 unspecified atom stereocenters. The van der Waals surface area contributed by atoms with Gasteiger partial charge in [-0.3, -0.25) is 14.9 Å². The van der Waals surface area contributed by atoms with E-state index in [-0.39, 0.29) is 5.92 Å². The van der Waals surface area contributed by atoms with Crippen molar-refractivity contribution >= 4 is 11.0 Å². The number of nitrogens with zero attached hydrogens (tertiary/aromatic N) is 3. The molecular weight excluding hydrogens is 350 g/mol. The lowest BCUT2D eigenvalue weighted by Crippen LogP contribution is -2.63. The zero-order valence-electron chi connectivity index (χ0n) is 15.1. The van der Waals surface area contributed by atoms with Crippen LogP contribution in [0.3, 0.4) is 0 Å². The molecule has 8 heteroatoms. The van der Waals surface area contributed by atoms with Crippen molar-refractivity contribution in [3.8, 4) is 0 Å². The Balaban J connectivity index is 1.67. The molecule has 8 nitrogen and oxygen atoms in total. The van der Waals surface area contributed by atoms with Gasteiger partial charge in [0.1, 0.15) is 30.6 Å². The van der Waals surface area contributed by atoms with Gasteiger partial charge in [0.05, 0.1) is 17.6 Å². The average molecular weight is 375 g/mol. The topological polar surface area (TPSA) is 119 Å². The summed E-state index contributed by atoms with van der Waals surface area (Å²) in [6.07, 6.45) is -1.46. The maximum atomic E-state index is 10.5. The highest BCUT2D eigenvalue weighted by atomic mass is 16.6. The Morgan fingerprint density at radius 3 is 2.44 bits per heavy atom. The highest BCUT2D eigenvalue weighted by Crippen LogP contribution is 2.36. The highest BCUT2D eigenvalue weighted by molar-refractivity contribution is 5.76. The Hall–Kier alpha value is -1.68. The highest BCUT2D eigenvalue weighted by Gasteiger charge is 2.46. The van der Waals surface area contributed by atoms with E-state index in [0.717, 1.165) is 23.0 Å². The summed E-state index contributed by atoms with van der Waals surface area (Å²) in [5.41, 5.74) is 3.96. The van der Waals surface area contributed by atoms with Crippen molar-refractivity contribution in [1.82, 2.24) is 14.9 Å². The number of benzene rings is 1. The van der Waals surface area contributed by atoms with Gasteiger partial charge >= 0.3 is 0 Å². The summed E-state index contributed by atoms with van der Waals surface area (Å²) >= 11 is 0. The number of rotatable bonds is 3. The van der Waals surface area contributed by atoms with Crippen LogP contribution in [0.4, 0.5) is 0 Å². The average Bonchev–Trinajstić information content (AvgIpc) is 2.70. The molecule has 0 radical (unpaired) electrons. The van der Waals surface area contributed by atoms with Crippen molar-refractivity contribution in [2.24, 2.45) is 0 Å². The molecule has 0 saturated carbocycles. The molecule has 1 saturated heterocycles. The van der Waals surface area contributed by atoms with E-state index < -0.39 is 37.3 Å². The van der Waals surface area contributed by atoms with Gasteiger partial charge in [-0.1, -0.05) is 6.92 Å². The number of aromatic nitrogens is 2. The molecule has 1 aromatic heterocycles. The fourth-order valence-electron chi connectivity index (χ4n) is 4.18. The minimum atomic E-state index is -1.37. The van der Waals surface area contributed by atoms with Crippen LogP contribution in [0, 0.1) is 0 Å². The normalized spacial score (nSPS) is 34.6. The third kappa shape index (κ3) is 3.22. The summed E-state index contributed by atoms with van der Waals surface area (Å²) in [4.78, 5) is 10.7. The first-order valence-electron chi connectivity index (χ1n) is 9.31. The van der Waals surface area contributed by atoms with Gasteiger partial charge in [-0.25, -0.2) is 0 Å². The van der Waals surface area contributed by atoms with E-state index in [1.807, 2.05) is 11.0 Å². The van der Waals surface area contributed by atoms with Crippen molar-refractivity contribution in [3.05, 3.63) is 35.7 Å². The summed E-state index contributed by atoms with van der Waals surface area (Å²) < 4.78 is 5.75. The number of aliphatic hydroxyl groups is 4. The quantitative estimate of drug-likeness (QED) is 0.579. The molecule has 2 aliphatic heterocycles. The minimum absolute atomic E-state index is 0.215. The molecule has 0 aliphatic carbocycles. The van der Waals surface area contributed by atoms with Crippen LogP contribution in [-0.4, -0.2) is 79.1 Å². The second-order valence-electron chi connectivity index (χ2n) is 7.35. The fraction of sp³-hybridized carbons (Fsp3) is 0.579. The van der Waals surface area contributed by atoms with E-state index in [1.54, 1.807) is 12.4 Å². The summed E-state index contributed by atoms with van der Waals surface area (Å²) in [5.74, 6) is 0.215. The van der Waals surface area contributed by atoms with Gasteiger partial charge < -0.3 is 25.2 Å². The second-order valence-corrected chi connectivity index (χ2v) is 7.35. The molecule has 0 bridgehead atoms. The predicted octanol–water partition coefficient (Wildman–Crippen LogP) is -0.261. The lowest BCUT2D eigenvalue weighted by atomic mass is 9.86. The van der Waals surface area contributed by atoms with Crippen LogP contribution >= 0.6 is 0 Å². The van der Waals surface area contributed by atoms with E-state index in [2.05, 4.69) is 23.0 Å². The Kier molecular flexibility index (Phi) is 5.11. The number of aliphatic hydroxyl groups excluding tert-OH is 4. The van der Waals surface area contributed by atoms with Crippen molar-refractivity contribution in [3.63, 3.8) is 0 Å². The van der Waals surface area contributed by atoms with E-state index in [0.29, 0.717) is 13.1 Å². The number of hydrogen-bond donors (Lipinski definition) is 4. The van der Waals surface area contributed by atoms with Crippen molar-refractivity contribution in [1.29, 1.82) is 0 Å². The summed E-state index contributed by atoms with van der Waals surface area (Å²) in [5, 5.41) is 40.1. The number of ether oxygens (including phenoxy) is 1. The first-order valence-corrected chi connectivity index (χ1v) is 9.31. The van der Waals surface area contributed by atoms with Gasteiger partial charge in [-0.05, 0) is 35.6 Å². The fourth-order valence-corrected chi connectivity index (χ4v) is 4.18. The van der Waals surface area contributed by atoms with Crippen LogP contribution in [0.1, 0.15) is 30.4 Å². The maximum Gasteiger partial charge on any atom is 0.140 e. The minimum Gasteiger partial charge on any atom is -0.394 e. The van der Waals surface area contributed by atoms with E-state index in [4.69, 9.17) is 4.74 Å². The van der Waals surface area contributed by atoms with Crippen LogP contribution < -0.4 is 0 Å². The van der Waals surface area contributed by atoms with Crippen molar-refractivity contribution in [2.45, 2.75) is 56.5 Å². The Bertz CT molecular complexity index is 817. The third-order valence-corrected chi connectivity index (χ3v) is 5.72. The van der Waals surface area contributed by atoms with Gasteiger partial charge in [0.15, 0.2) is 0 Å². The molecular formula is C19H25N3O5. The Morgan fingerprint density at radius 1 is 1.07 bits per heavy atom. The third-order valence-electron chi connectivity index (χ3n) is 5.72. The smallest absolute Gasteiger partial charge is 0.140 e. The molecule has 0 amide bonds. The molecule has 146 valence electrons. The lowest BCUT2D eigenvalue weighted by molar-refractivity contribution is -0.268. The van der Waals surface area contributed by atoms with Crippen LogP contribution in [-0.2, 0) is 11.3 Å². The molecule has 2 aliphatic rings. The van der Waals surface area contributed by atoms with E-state index in [9.17, 15) is 20.4 Å². The van der Waals surface area contributed by atoms with Crippen LogP contribution in [0.5, 0.6) is 0 Å². The molecule has 1 fully saturated rings. The zero-order valence-corrected chi connectivity index (χ0v) is 15.1. The van der Waals surface area contributed by atoms with Crippen molar-refractivity contribution in [2.75, 3.05) is 13.2 Å². The van der Waals surface area contributed by atoms with Crippen LogP contribution in [0.25, 0.3) is 11.0 Å². The Labute approximate surface area is 157 Å². The lowest BCUT2D eigenvalue weighted by Gasteiger charge is -2.47. The van der Waals surface area contributed by atoms with Gasteiger partial charge in [0.25, 0.3) is 0 Å². The van der Waals surface area contributed by atoms with Gasteiger partial charge in [-0.15, -0.1) is 0 Å². The van der Waals surface area contributed by atoms with Gasteiger partial charge in [0, 0.05) is 25.5 Å². The van der Waals surface area contributed by atoms with E-state index in [1.165, 1.54) is 5.56 Å². The zero-order chi connectivity index (χ0) is 19.1. The maximum absolute atomic E-state index is 10.5.